The van der Waals surface area contributed by atoms with Gasteiger partial charge in [-0.2, -0.15) is 4.98 Å². The molecule has 1 aromatic heterocycles. The van der Waals surface area contributed by atoms with E-state index in [4.69, 9.17) is 28.0 Å². The number of nitrogens with two attached hydrogens (primary N) is 2. The number of anilines is 1. The number of hydrazine groups is 2. The van der Waals surface area contributed by atoms with E-state index in [1.807, 2.05) is 13.0 Å². The summed E-state index contributed by atoms with van der Waals surface area (Å²) < 4.78 is 5.61. The minimum atomic E-state index is -0.554. The lowest BCUT2D eigenvalue weighted by Crippen LogP contribution is -2.49. The van der Waals surface area contributed by atoms with Crippen molar-refractivity contribution >= 4 is 23.3 Å². The van der Waals surface area contributed by atoms with E-state index in [1.165, 1.54) is 13.2 Å². The standard InChI is InChI=1S/C14H17ClN6O2/c1-9-4-3-5-11(21(17)14(22)20(2)16)10(9)8-23-12-6-7-18-13(15)19-12/h3-7H,8,16-17H2,1-2H3. The number of aryl methyl sites for hydroxylation is 1. The van der Waals surface area contributed by atoms with E-state index < -0.39 is 6.03 Å². The number of carbonyl (C=O) groups is 1. The second-order valence-electron chi connectivity index (χ2n) is 4.79. The van der Waals surface area contributed by atoms with Crippen molar-refractivity contribution in [3.63, 3.8) is 0 Å². The average Bonchev–Trinajstić information content (AvgIpc) is 2.52. The van der Waals surface area contributed by atoms with Crippen molar-refractivity contribution in [3.8, 4) is 5.88 Å². The molecule has 9 heteroatoms. The van der Waals surface area contributed by atoms with Gasteiger partial charge >= 0.3 is 6.03 Å². The van der Waals surface area contributed by atoms with Gasteiger partial charge in [0.2, 0.25) is 11.2 Å². The van der Waals surface area contributed by atoms with Gasteiger partial charge in [-0.3, -0.25) is 5.01 Å². The fourth-order valence-electron chi connectivity index (χ4n) is 1.92. The summed E-state index contributed by atoms with van der Waals surface area (Å²) in [5.41, 5.74) is 2.14. The number of ether oxygens (including phenoxy) is 1. The van der Waals surface area contributed by atoms with Crippen molar-refractivity contribution < 1.29 is 9.53 Å². The number of halogens is 1. The van der Waals surface area contributed by atoms with Gasteiger partial charge in [0, 0.05) is 24.9 Å². The molecule has 0 aliphatic heterocycles. The molecular formula is C14H17ClN6O2. The molecule has 0 unspecified atom stereocenters. The second kappa shape index (κ2) is 7.23. The molecule has 4 N–H and O–H groups in total. The molecule has 0 bridgehead atoms. The number of carbonyl (C=O) groups excluding carboxylic acids is 1. The molecule has 2 amide bonds. The molecule has 8 nitrogen and oxygen atoms in total. The summed E-state index contributed by atoms with van der Waals surface area (Å²) in [5, 5.41) is 1.96. The van der Waals surface area contributed by atoms with E-state index in [-0.39, 0.29) is 11.9 Å². The molecule has 0 atom stereocenters. The van der Waals surface area contributed by atoms with Crippen LogP contribution in [0.4, 0.5) is 10.5 Å². The van der Waals surface area contributed by atoms with E-state index in [0.29, 0.717) is 11.6 Å². The zero-order chi connectivity index (χ0) is 17.0. The number of hydrogen-bond acceptors (Lipinski definition) is 6. The highest BCUT2D eigenvalue weighted by Gasteiger charge is 2.19. The lowest BCUT2D eigenvalue weighted by Gasteiger charge is -2.24. The summed E-state index contributed by atoms with van der Waals surface area (Å²) in [7, 11) is 1.41. The minimum absolute atomic E-state index is 0.0906. The van der Waals surface area contributed by atoms with Crippen molar-refractivity contribution in [3.05, 3.63) is 46.9 Å². The Kier molecular flexibility index (Phi) is 5.32. The normalized spacial score (nSPS) is 10.3. The van der Waals surface area contributed by atoms with Gasteiger partial charge in [0.15, 0.2) is 0 Å². The average molecular weight is 337 g/mol. The largest absolute Gasteiger partial charge is 0.473 e. The molecule has 0 fully saturated rings. The van der Waals surface area contributed by atoms with Gasteiger partial charge in [-0.15, -0.1) is 0 Å². The van der Waals surface area contributed by atoms with Crippen LogP contribution < -0.4 is 21.4 Å². The van der Waals surface area contributed by atoms with Crippen molar-refractivity contribution in [2.45, 2.75) is 13.5 Å². The summed E-state index contributed by atoms with van der Waals surface area (Å²) in [6.45, 7) is 2.05. The lowest BCUT2D eigenvalue weighted by atomic mass is 10.1. The Morgan fingerprint density at radius 1 is 1.35 bits per heavy atom. The Morgan fingerprint density at radius 2 is 2.09 bits per heavy atom. The Hall–Kier alpha value is -2.42. The predicted molar refractivity (Wildman–Crippen MR) is 86.6 cm³/mol. The molecule has 0 saturated heterocycles. The molecule has 0 aliphatic rings. The molecule has 23 heavy (non-hydrogen) atoms. The number of benzene rings is 1. The molecule has 0 aliphatic carbocycles. The number of hydrogen-bond donors (Lipinski definition) is 2. The summed E-state index contributed by atoms with van der Waals surface area (Å²) >= 11 is 5.72. The van der Waals surface area contributed by atoms with Crippen LogP contribution in [0, 0.1) is 6.92 Å². The molecule has 1 aromatic carbocycles. The van der Waals surface area contributed by atoms with Crippen LogP contribution in [-0.4, -0.2) is 28.1 Å². The first-order chi connectivity index (χ1) is 10.9. The third-order valence-electron chi connectivity index (χ3n) is 3.12. The molecule has 1 heterocycles. The Bertz CT molecular complexity index is 709. The van der Waals surface area contributed by atoms with Crippen LogP contribution in [0.1, 0.15) is 11.1 Å². The summed E-state index contributed by atoms with van der Waals surface area (Å²) in [6.07, 6.45) is 1.49. The Labute approximate surface area is 138 Å². The highest BCUT2D eigenvalue weighted by Crippen LogP contribution is 2.24. The smallest absolute Gasteiger partial charge is 0.352 e. The number of aromatic nitrogens is 2. The molecule has 0 spiro atoms. The maximum atomic E-state index is 11.9. The van der Waals surface area contributed by atoms with Crippen molar-refractivity contribution in [2.24, 2.45) is 11.7 Å². The van der Waals surface area contributed by atoms with Crippen LogP contribution in [0.2, 0.25) is 5.28 Å². The zero-order valence-corrected chi connectivity index (χ0v) is 13.5. The molecule has 2 rings (SSSR count). The van der Waals surface area contributed by atoms with E-state index in [0.717, 1.165) is 21.1 Å². The Morgan fingerprint density at radius 3 is 2.74 bits per heavy atom. The van der Waals surface area contributed by atoms with Crippen LogP contribution in [0.25, 0.3) is 0 Å². The SMILES string of the molecule is Cc1cccc(N(N)C(=O)N(C)N)c1COc1ccnc(Cl)n1. The quantitative estimate of drug-likeness (QED) is 0.380. The topological polar surface area (TPSA) is 111 Å². The van der Waals surface area contributed by atoms with Crippen LogP contribution in [0.3, 0.4) is 0 Å². The van der Waals surface area contributed by atoms with Crippen LogP contribution >= 0.6 is 11.6 Å². The molecule has 122 valence electrons. The number of nitrogens with zero attached hydrogens (tertiary/aromatic N) is 4. The zero-order valence-electron chi connectivity index (χ0n) is 12.7. The van der Waals surface area contributed by atoms with Gasteiger partial charge in [-0.05, 0) is 30.2 Å². The maximum Gasteiger partial charge on any atom is 0.352 e. The monoisotopic (exact) mass is 336 g/mol. The van der Waals surface area contributed by atoms with Crippen LogP contribution in [-0.2, 0) is 6.61 Å². The van der Waals surface area contributed by atoms with E-state index in [9.17, 15) is 4.79 Å². The summed E-state index contributed by atoms with van der Waals surface area (Å²) in [5.74, 6) is 11.6. The number of amides is 2. The second-order valence-corrected chi connectivity index (χ2v) is 5.13. The summed E-state index contributed by atoms with van der Waals surface area (Å²) in [4.78, 5) is 19.7. The van der Waals surface area contributed by atoms with Gasteiger partial charge in [0.05, 0.1) is 5.69 Å². The van der Waals surface area contributed by atoms with Crippen molar-refractivity contribution in [2.75, 3.05) is 12.1 Å². The van der Waals surface area contributed by atoms with Crippen LogP contribution in [0.5, 0.6) is 5.88 Å². The van der Waals surface area contributed by atoms with Crippen molar-refractivity contribution in [1.82, 2.24) is 15.0 Å². The molecular weight excluding hydrogens is 320 g/mol. The maximum absolute atomic E-state index is 11.9. The third kappa shape index (κ3) is 4.07. The lowest BCUT2D eigenvalue weighted by molar-refractivity contribution is 0.216. The first-order valence-corrected chi connectivity index (χ1v) is 7.05. The highest BCUT2D eigenvalue weighted by molar-refractivity contribution is 6.28. The molecule has 0 saturated carbocycles. The fourth-order valence-corrected chi connectivity index (χ4v) is 2.06. The van der Waals surface area contributed by atoms with E-state index >= 15 is 0 Å². The highest BCUT2D eigenvalue weighted by atomic mass is 35.5. The van der Waals surface area contributed by atoms with E-state index in [2.05, 4.69) is 9.97 Å². The van der Waals surface area contributed by atoms with Gasteiger partial charge in [-0.1, -0.05) is 12.1 Å². The van der Waals surface area contributed by atoms with E-state index in [1.54, 1.807) is 18.2 Å². The fraction of sp³-hybridized carbons (Fsp3) is 0.214. The summed E-state index contributed by atoms with van der Waals surface area (Å²) in [6, 6.07) is 6.42. The minimum Gasteiger partial charge on any atom is -0.473 e. The van der Waals surface area contributed by atoms with Crippen molar-refractivity contribution in [1.29, 1.82) is 0 Å². The number of urea groups is 1. The molecule has 0 radical (unpaired) electrons. The third-order valence-corrected chi connectivity index (χ3v) is 3.30. The first-order valence-electron chi connectivity index (χ1n) is 6.67. The van der Waals surface area contributed by atoms with Gasteiger partial charge in [0.25, 0.3) is 0 Å². The predicted octanol–water partition coefficient (Wildman–Crippen LogP) is 1.62. The molecule has 2 aromatic rings. The first kappa shape index (κ1) is 16.9. The number of rotatable bonds is 4. The Balaban J connectivity index is 2.26. The van der Waals surface area contributed by atoms with Gasteiger partial charge < -0.3 is 4.74 Å². The van der Waals surface area contributed by atoms with Gasteiger partial charge in [-0.25, -0.2) is 26.5 Å². The van der Waals surface area contributed by atoms with Gasteiger partial charge in [0.1, 0.15) is 6.61 Å². The van der Waals surface area contributed by atoms with Crippen LogP contribution in [0.15, 0.2) is 30.5 Å².